The van der Waals surface area contributed by atoms with Crippen LogP contribution >= 0.6 is 0 Å². The molecule has 2 unspecified atom stereocenters. The number of amides is 1. The molecule has 2 atom stereocenters. The van der Waals surface area contributed by atoms with Crippen LogP contribution in [0.5, 0.6) is 5.75 Å². The van der Waals surface area contributed by atoms with Gasteiger partial charge < -0.3 is 20.1 Å². The highest BCUT2D eigenvalue weighted by molar-refractivity contribution is 5.79. The predicted octanol–water partition coefficient (Wildman–Crippen LogP) is 4.97. The Bertz CT molecular complexity index is 920. The summed E-state index contributed by atoms with van der Waals surface area (Å²) in [5.74, 6) is -0.124. The molecule has 2 aromatic carbocycles. The zero-order valence-electron chi connectivity index (χ0n) is 19.9. The van der Waals surface area contributed by atoms with Gasteiger partial charge in [0.25, 0.3) is 0 Å². The fourth-order valence-electron chi connectivity index (χ4n) is 4.31. The first-order chi connectivity index (χ1) is 15.8. The minimum absolute atomic E-state index is 0.0262. The first-order valence-corrected chi connectivity index (χ1v) is 11.9. The molecule has 6 heteroatoms. The molecule has 1 saturated heterocycles. The van der Waals surface area contributed by atoms with Gasteiger partial charge in [-0.1, -0.05) is 44.2 Å². The van der Waals surface area contributed by atoms with Crippen LogP contribution in [0.15, 0.2) is 48.5 Å². The van der Waals surface area contributed by atoms with Crippen LogP contribution in [0.3, 0.4) is 0 Å². The van der Waals surface area contributed by atoms with Gasteiger partial charge in [-0.25, -0.2) is 4.79 Å². The smallest absolute Gasteiger partial charge is 0.344 e. The summed E-state index contributed by atoms with van der Waals surface area (Å²) in [6, 6.07) is 15.4. The highest BCUT2D eigenvalue weighted by Gasteiger charge is 2.22. The molecule has 0 saturated carbocycles. The Morgan fingerprint density at radius 3 is 2.30 bits per heavy atom. The van der Waals surface area contributed by atoms with E-state index in [2.05, 4.69) is 48.3 Å². The standard InChI is InChI=1S/C27H36N2O4/c1-19(2)17-24(23-9-5-6-10-25(23)29-15-7-4-8-16-29)28-26(30)18-21-11-13-22(14-12-21)33-20(3)27(31)32/h5-6,9-14,19-20,24H,4,7-8,15-18H2,1-3H3,(H,28,30)(H,31,32). The molecule has 2 N–H and O–H groups in total. The monoisotopic (exact) mass is 452 g/mol. The predicted molar refractivity (Wildman–Crippen MR) is 131 cm³/mol. The van der Waals surface area contributed by atoms with Gasteiger partial charge >= 0.3 is 5.97 Å². The van der Waals surface area contributed by atoms with Crippen molar-refractivity contribution < 1.29 is 19.4 Å². The van der Waals surface area contributed by atoms with E-state index in [-0.39, 0.29) is 18.4 Å². The number of hydrogen-bond donors (Lipinski definition) is 2. The Labute approximate surface area is 196 Å². The number of nitrogens with zero attached hydrogens (tertiary/aromatic N) is 1. The van der Waals surface area contributed by atoms with Gasteiger partial charge in [-0.05, 0) is 67.9 Å². The Balaban J connectivity index is 1.70. The third-order valence-corrected chi connectivity index (χ3v) is 6.00. The summed E-state index contributed by atoms with van der Waals surface area (Å²) >= 11 is 0. The second-order valence-corrected chi connectivity index (χ2v) is 9.28. The van der Waals surface area contributed by atoms with E-state index in [4.69, 9.17) is 9.84 Å². The molecule has 0 spiro atoms. The molecule has 1 heterocycles. The van der Waals surface area contributed by atoms with Crippen molar-refractivity contribution in [3.63, 3.8) is 0 Å². The van der Waals surface area contributed by atoms with Crippen LogP contribution < -0.4 is 15.0 Å². The summed E-state index contributed by atoms with van der Waals surface area (Å²) in [6.07, 6.45) is 3.91. The third-order valence-electron chi connectivity index (χ3n) is 6.00. The molecule has 0 aliphatic carbocycles. The second-order valence-electron chi connectivity index (χ2n) is 9.28. The van der Waals surface area contributed by atoms with E-state index in [0.717, 1.165) is 25.1 Å². The van der Waals surface area contributed by atoms with Crippen LogP contribution in [-0.2, 0) is 16.0 Å². The first kappa shape index (κ1) is 24.6. The quantitative estimate of drug-likeness (QED) is 0.532. The van der Waals surface area contributed by atoms with Crippen molar-refractivity contribution in [2.75, 3.05) is 18.0 Å². The molecule has 1 aliphatic rings. The number of piperidine rings is 1. The van der Waals surface area contributed by atoms with Crippen LogP contribution in [0.1, 0.15) is 63.6 Å². The summed E-state index contributed by atoms with van der Waals surface area (Å²) < 4.78 is 5.37. The van der Waals surface area contributed by atoms with E-state index in [1.165, 1.54) is 37.4 Å². The molecule has 1 fully saturated rings. The number of carbonyl (C=O) groups is 2. The van der Waals surface area contributed by atoms with Gasteiger partial charge in [0.1, 0.15) is 5.75 Å². The normalized spacial score (nSPS) is 15.7. The number of ether oxygens (including phenoxy) is 1. The lowest BCUT2D eigenvalue weighted by Gasteiger charge is -2.33. The topological polar surface area (TPSA) is 78.9 Å². The van der Waals surface area contributed by atoms with Crippen molar-refractivity contribution in [1.29, 1.82) is 0 Å². The van der Waals surface area contributed by atoms with Crippen LogP contribution in [0.4, 0.5) is 5.69 Å². The summed E-state index contributed by atoms with van der Waals surface area (Å²) in [7, 11) is 0. The van der Waals surface area contributed by atoms with Crippen molar-refractivity contribution in [3.05, 3.63) is 59.7 Å². The van der Waals surface area contributed by atoms with Crippen LogP contribution in [-0.4, -0.2) is 36.2 Å². The number of anilines is 1. The van der Waals surface area contributed by atoms with Gasteiger partial charge in [0.15, 0.2) is 6.10 Å². The van der Waals surface area contributed by atoms with Gasteiger partial charge in [-0.15, -0.1) is 0 Å². The molecule has 2 aromatic rings. The van der Waals surface area contributed by atoms with Crippen LogP contribution in [0, 0.1) is 5.92 Å². The molecule has 33 heavy (non-hydrogen) atoms. The SMILES string of the molecule is CC(C)CC(NC(=O)Cc1ccc(OC(C)C(=O)O)cc1)c1ccccc1N1CCCCC1. The molecule has 3 rings (SSSR count). The van der Waals surface area contributed by atoms with E-state index < -0.39 is 12.1 Å². The van der Waals surface area contributed by atoms with Gasteiger partial charge in [-0.2, -0.15) is 0 Å². The molecule has 0 aromatic heterocycles. The number of carboxylic acids is 1. The molecular weight excluding hydrogens is 416 g/mol. The van der Waals surface area contributed by atoms with Crippen molar-refractivity contribution in [2.45, 2.75) is 65.0 Å². The average Bonchev–Trinajstić information content (AvgIpc) is 2.80. The minimum atomic E-state index is -1.01. The highest BCUT2D eigenvalue weighted by Crippen LogP contribution is 2.32. The molecule has 0 bridgehead atoms. The average molecular weight is 453 g/mol. The maximum atomic E-state index is 13.0. The largest absolute Gasteiger partial charge is 0.479 e. The Kier molecular flexibility index (Phi) is 8.75. The number of benzene rings is 2. The number of nitrogens with one attached hydrogen (secondary N) is 1. The number of aliphatic carboxylic acids is 1. The van der Waals surface area contributed by atoms with E-state index in [9.17, 15) is 9.59 Å². The van der Waals surface area contributed by atoms with Gasteiger partial charge in [0.05, 0.1) is 12.5 Å². The maximum absolute atomic E-state index is 13.0. The van der Waals surface area contributed by atoms with Gasteiger partial charge in [-0.3, -0.25) is 4.79 Å². The lowest BCUT2D eigenvalue weighted by molar-refractivity contribution is -0.144. The summed E-state index contributed by atoms with van der Waals surface area (Å²) in [5, 5.41) is 12.3. The summed E-state index contributed by atoms with van der Waals surface area (Å²) in [4.78, 5) is 26.4. The van der Waals surface area contributed by atoms with Crippen molar-refractivity contribution in [3.8, 4) is 5.75 Å². The number of para-hydroxylation sites is 1. The number of carboxylic acid groups (broad SMARTS) is 1. The Morgan fingerprint density at radius 2 is 1.67 bits per heavy atom. The van der Waals surface area contributed by atoms with Crippen LogP contribution in [0.25, 0.3) is 0 Å². The van der Waals surface area contributed by atoms with E-state index in [0.29, 0.717) is 11.7 Å². The number of hydrogen-bond acceptors (Lipinski definition) is 4. The van der Waals surface area contributed by atoms with Crippen molar-refractivity contribution >= 4 is 17.6 Å². The molecule has 1 amide bonds. The van der Waals surface area contributed by atoms with E-state index in [1.54, 1.807) is 12.1 Å². The van der Waals surface area contributed by atoms with E-state index in [1.807, 2.05) is 12.1 Å². The Hall–Kier alpha value is -3.02. The fourth-order valence-corrected chi connectivity index (χ4v) is 4.31. The zero-order chi connectivity index (χ0) is 23.8. The molecule has 178 valence electrons. The molecular formula is C27H36N2O4. The third kappa shape index (κ3) is 7.24. The van der Waals surface area contributed by atoms with Crippen molar-refractivity contribution in [2.24, 2.45) is 5.92 Å². The van der Waals surface area contributed by atoms with Gasteiger partial charge in [0, 0.05) is 18.8 Å². The van der Waals surface area contributed by atoms with Crippen molar-refractivity contribution in [1.82, 2.24) is 5.32 Å². The first-order valence-electron chi connectivity index (χ1n) is 11.9. The molecule has 1 aliphatic heterocycles. The summed E-state index contributed by atoms with van der Waals surface area (Å²) in [6.45, 7) is 7.97. The van der Waals surface area contributed by atoms with E-state index >= 15 is 0 Å². The fraction of sp³-hybridized carbons (Fsp3) is 0.481. The molecule has 6 nitrogen and oxygen atoms in total. The lowest BCUT2D eigenvalue weighted by Crippen LogP contribution is -2.34. The van der Waals surface area contributed by atoms with Gasteiger partial charge in [0.2, 0.25) is 5.91 Å². The number of carbonyl (C=O) groups excluding carboxylic acids is 1. The highest BCUT2D eigenvalue weighted by atomic mass is 16.5. The Morgan fingerprint density at radius 1 is 1.00 bits per heavy atom. The lowest BCUT2D eigenvalue weighted by atomic mass is 9.94. The second kappa shape index (κ2) is 11.7. The minimum Gasteiger partial charge on any atom is -0.479 e. The molecule has 0 radical (unpaired) electrons. The summed E-state index contributed by atoms with van der Waals surface area (Å²) in [5.41, 5.74) is 3.28. The zero-order valence-corrected chi connectivity index (χ0v) is 19.9. The maximum Gasteiger partial charge on any atom is 0.344 e. The van der Waals surface area contributed by atoms with Crippen LogP contribution in [0.2, 0.25) is 0 Å². The number of rotatable bonds is 10.